The Morgan fingerprint density at radius 1 is 1.19 bits per heavy atom. The molecule has 2 aromatic rings. The number of carbonyl (C=O) groups is 2. The van der Waals surface area contributed by atoms with Crippen molar-refractivity contribution in [2.24, 2.45) is 0 Å². The van der Waals surface area contributed by atoms with Gasteiger partial charge in [-0.05, 0) is 12.1 Å². The van der Waals surface area contributed by atoms with E-state index < -0.39 is 17.1 Å². The molecule has 0 fully saturated rings. The van der Waals surface area contributed by atoms with Crippen molar-refractivity contribution < 1.29 is 22.8 Å². The lowest BCUT2D eigenvalue weighted by atomic mass is 10.2. The van der Waals surface area contributed by atoms with Crippen LogP contribution in [0.2, 0.25) is 0 Å². The van der Waals surface area contributed by atoms with Crippen LogP contribution < -0.4 is 10.2 Å². The van der Waals surface area contributed by atoms with Gasteiger partial charge >= 0.3 is 6.18 Å². The first-order valence-corrected chi connectivity index (χ1v) is 9.37. The molecule has 1 aliphatic heterocycles. The summed E-state index contributed by atoms with van der Waals surface area (Å²) in [5, 5.41) is 7.14. The summed E-state index contributed by atoms with van der Waals surface area (Å²) in [7, 11) is 0. The maximum absolute atomic E-state index is 12.5. The molecule has 0 spiro atoms. The maximum Gasteiger partial charge on any atom is 0.445 e. The quantitative estimate of drug-likeness (QED) is 0.848. The molecule has 138 valence electrons. The lowest BCUT2D eigenvalue weighted by Gasteiger charge is -2.28. The number of hydrogen-bond donors (Lipinski definition) is 1. The Balaban J connectivity index is 1.55. The highest BCUT2D eigenvalue weighted by molar-refractivity contribution is 7.99. The van der Waals surface area contributed by atoms with E-state index in [0.717, 1.165) is 16.3 Å². The second kappa shape index (κ2) is 7.62. The average Bonchev–Trinajstić information content (AvgIpc) is 3.08. The maximum atomic E-state index is 12.5. The Labute approximate surface area is 154 Å². The van der Waals surface area contributed by atoms with Gasteiger partial charge in [-0.25, -0.2) is 0 Å². The van der Waals surface area contributed by atoms with Crippen molar-refractivity contribution in [2.45, 2.75) is 23.9 Å². The third-order valence-electron chi connectivity index (χ3n) is 3.51. The number of rotatable bonds is 4. The summed E-state index contributed by atoms with van der Waals surface area (Å²) in [5.74, 6) is -0.0241. The van der Waals surface area contributed by atoms with Gasteiger partial charge in [-0.2, -0.15) is 13.2 Å². The summed E-state index contributed by atoms with van der Waals surface area (Å²) in [6.45, 7) is 0.549. The van der Waals surface area contributed by atoms with E-state index in [0.29, 0.717) is 6.54 Å². The van der Waals surface area contributed by atoms with Crippen molar-refractivity contribution in [3.05, 3.63) is 29.3 Å². The first-order chi connectivity index (χ1) is 12.3. The van der Waals surface area contributed by atoms with E-state index in [1.165, 1.54) is 0 Å². The molecule has 6 nitrogen and oxygen atoms in total. The van der Waals surface area contributed by atoms with E-state index in [1.54, 1.807) is 16.7 Å². The number of para-hydroxylation sites is 1. The smallest absolute Gasteiger partial charge is 0.310 e. The van der Waals surface area contributed by atoms with E-state index >= 15 is 0 Å². The second-order valence-corrected chi connectivity index (χ2v) is 7.43. The Morgan fingerprint density at radius 2 is 1.96 bits per heavy atom. The monoisotopic (exact) mass is 402 g/mol. The fourth-order valence-corrected chi connectivity index (χ4v) is 3.98. The summed E-state index contributed by atoms with van der Waals surface area (Å²) < 4.78 is 37.4. The molecule has 0 radical (unpaired) electrons. The van der Waals surface area contributed by atoms with Crippen LogP contribution in [0.5, 0.6) is 0 Å². The number of anilines is 2. The highest BCUT2D eigenvalue weighted by atomic mass is 32.2. The number of nitrogens with one attached hydrogen (secondary N) is 1. The van der Waals surface area contributed by atoms with Crippen LogP contribution in [-0.4, -0.2) is 34.3 Å². The number of aromatic nitrogens is 2. The predicted octanol–water partition coefficient (Wildman–Crippen LogP) is 3.41. The molecule has 0 unspecified atom stereocenters. The minimum atomic E-state index is -4.60. The van der Waals surface area contributed by atoms with Crippen LogP contribution in [0.3, 0.4) is 0 Å². The zero-order chi connectivity index (χ0) is 18.7. The number of fused-ring (bicyclic) bond motifs is 1. The molecule has 0 saturated carbocycles. The molecule has 2 amide bonds. The highest BCUT2D eigenvalue weighted by Crippen LogP contribution is 2.35. The van der Waals surface area contributed by atoms with E-state index in [1.807, 2.05) is 24.3 Å². The molecule has 0 saturated heterocycles. The number of alkyl halides is 3. The van der Waals surface area contributed by atoms with Crippen LogP contribution in [0, 0.1) is 0 Å². The molecule has 3 rings (SSSR count). The highest BCUT2D eigenvalue weighted by Gasteiger charge is 2.35. The van der Waals surface area contributed by atoms with Gasteiger partial charge in [0.15, 0.2) is 0 Å². The van der Waals surface area contributed by atoms with E-state index in [-0.39, 0.29) is 35.2 Å². The van der Waals surface area contributed by atoms with Crippen LogP contribution in [-0.2, 0) is 15.8 Å². The van der Waals surface area contributed by atoms with Gasteiger partial charge in [0.25, 0.3) is 0 Å². The Morgan fingerprint density at radius 3 is 2.69 bits per heavy atom. The lowest BCUT2D eigenvalue weighted by Crippen LogP contribution is -2.35. The molecular weight excluding hydrogens is 389 g/mol. The van der Waals surface area contributed by atoms with E-state index in [4.69, 9.17) is 0 Å². The SMILES string of the molecule is O=C(CCC(=O)N1CCSc2ccccc21)Nc1nnc(C(F)(F)F)s1. The van der Waals surface area contributed by atoms with E-state index in [2.05, 4.69) is 15.5 Å². The van der Waals surface area contributed by atoms with Crippen LogP contribution in [0.1, 0.15) is 17.8 Å². The van der Waals surface area contributed by atoms with Crippen molar-refractivity contribution in [2.75, 3.05) is 22.5 Å². The summed E-state index contributed by atoms with van der Waals surface area (Å²) in [6, 6.07) is 7.51. The predicted molar refractivity (Wildman–Crippen MR) is 92.3 cm³/mol. The van der Waals surface area contributed by atoms with Gasteiger partial charge < -0.3 is 10.2 Å². The summed E-state index contributed by atoms with van der Waals surface area (Å²) >= 11 is 1.91. The lowest BCUT2D eigenvalue weighted by molar-refractivity contribution is -0.138. The summed E-state index contributed by atoms with van der Waals surface area (Å²) in [5.41, 5.74) is 0.813. The normalized spacial score (nSPS) is 14.0. The molecule has 1 aliphatic rings. The first-order valence-electron chi connectivity index (χ1n) is 7.57. The van der Waals surface area contributed by atoms with Gasteiger partial charge in [0.1, 0.15) is 0 Å². The Hall–Kier alpha value is -2.14. The topological polar surface area (TPSA) is 75.2 Å². The van der Waals surface area contributed by atoms with Gasteiger partial charge in [0.2, 0.25) is 22.0 Å². The number of hydrogen-bond acceptors (Lipinski definition) is 6. The van der Waals surface area contributed by atoms with Crippen molar-refractivity contribution in [1.82, 2.24) is 10.2 Å². The number of halogens is 3. The minimum absolute atomic E-state index is 0.0459. The molecule has 0 atom stereocenters. The van der Waals surface area contributed by atoms with Gasteiger partial charge in [-0.3, -0.25) is 9.59 Å². The molecule has 0 bridgehead atoms. The molecule has 0 aliphatic carbocycles. The molecule has 1 aromatic carbocycles. The van der Waals surface area contributed by atoms with Crippen molar-refractivity contribution >= 4 is 45.7 Å². The first kappa shape index (κ1) is 18.6. The van der Waals surface area contributed by atoms with Gasteiger partial charge in [-0.15, -0.1) is 22.0 Å². The number of nitrogens with zero attached hydrogens (tertiary/aromatic N) is 3. The van der Waals surface area contributed by atoms with Gasteiger partial charge in [0.05, 0.1) is 5.69 Å². The Bertz CT molecular complexity index is 825. The number of amides is 2. The third-order valence-corrected chi connectivity index (χ3v) is 5.44. The molecule has 26 heavy (non-hydrogen) atoms. The van der Waals surface area contributed by atoms with Crippen LogP contribution in [0.15, 0.2) is 29.2 Å². The van der Waals surface area contributed by atoms with E-state index in [9.17, 15) is 22.8 Å². The van der Waals surface area contributed by atoms with Crippen LogP contribution in [0.4, 0.5) is 24.0 Å². The zero-order valence-electron chi connectivity index (χ0n) is 13.2. The molecular formula is C15H13F3N4O2S2. The molecule has 11 heteroatoms. The van der Waals surface area contributed by atoms with Crippen molar-refractivity contribution in [3.63, 3.8) is 0 Å². The minimum Gasteiger partial charge on any atom is -0.310 e. The number of carbonyl (C=O) groups excluding carboxylic acids is 2. The summed E-state index contributed by atoms with van der Waals surface area (Å²) in [6.07, 6.45) is -4.79. The fraction of sp³-hybridized carbons (Fsp3) is 0.333. The summed E-state index contributed by atoms with van der Waals surface area (Å²) in [4.78, 5) is 26.9. The molecule has 1 N–H and O–H groups in total. The Kier molecular flexibility index (Phi) is 5.47. The van der Waals surface area contributed by atoms with Crippen LogP contribution >= 0.6 is 23.1 Å². The number of thioether (sulfide) groups is 1. The number of benzene rings is 1. The molecule has 1 aromatic heterocycles. The second-order valence-electron chi connectivity index (χ2n) is 5.32. The van der Waals surface area contributed by atoms with Crippen molar-refractivity contribution in [1.29, 1.82) is 0 Å². The average molecular weight is 402 g/mol. The van der Waals surface area contributed by atoms with Crippen molar-refractivity contribution in [3.8, 4) is 0 Å². The third kappa shape index (κ3) is 4.33. The van der Waals surface area contributed by atoms with Crippen LogP contribution in [0.25, 0.3) is 0 Å². The van der Waals surface area contributed by atoms with Gasteiger partial charge in [-0.1, -0.05) is 23.5 Å². The standard InChI is InChI=1S/C15H13F3N4O2S2/c16-15(17,18)13-20-21-14(26-13)19-11(23)5-6-12(24)22-7-8-25-10-4-2-1-3-9(10)22/h1-4H,5-8H2,(H,19,21,23). The fourth-order valence-electron chi connectivity index (χ4n) is 2.35. The van der Waals surface area contributed by atoms with Gasteiger partial charge in [0, 0.05) is 30.0 Å². The largest absolute Gasteiger partial charge is 0.445 e. The zero-order valence-corrected chi connectivity index (χ0v) is 14.9. The molecule has 2 heterocycles.